The number of nitrogens with zero attached hydrogens (tertiary/aromatic N) is 6. The van der Waals surface area contributed by atoms with Gasteiger partial charge in [0.1, 0.15) is 6.33 Å². The molecule has 0 spiro atoms. The van der Waals surface area contributed by atoms with E-state index in [-0.39, 0.29) is 11.9 Å². The van der Waals surface area contributed by atoms with Gasteiger partial charge >= 0.3 is 0 Å². The molecule has 0 fully saturated rings. The molecule has 0 radical (unpaired) electrons. The molecule has 1 aliphatic rings. The second kappa shape index (κ2) is 6.36. The van der Waals surface area contributed by atoms with E-state index < -0.39 is 5.60 Å². The van der Waals surface area contributed by atoms with Crippen molar-refractivity contribution in [2.24, 2.45) is 5.16 Å². The number of hydrogen-bond acceptors (Lipinski definition) is 7. The van der Waals surface area contributed by atoms with Gasteiger partial charge < -0.3 is 4.84 Å². The summed E-state index contributed by atoms with van der Waals surface area (Å²) in [7, 11) is 0. The Kier molecular flexibility index (Phi) is 3.88. The molecular formula is C17H15N7O2. The van der Waals surface area contributed by atoms with Gasteiger partial charge in [-0.05, 0) is 18.6 Å². The summed E-state index contributed by atoms with van der Waals surface area (Å²) in [6.45, 7) is 1.68. The number of nitrogens with one attached hydrogen (secondary N) is 1. The Morgan fingerprint density at radius 2 is 1.92 bits per heavy atom. The van der Waals surface area contributed by atoms with E-state index >= 15 is 0 Å². The Labute approximate surface area is 148 Å². The molecular weight excluding hydrogens is 334 g/mol. The molecule has 4 rings (SSSR count). The van der Waals surface area contributed by atoms with Crippen LogP contribution in [0.3, 0.4) is 0 Å². The average molecular weight is 349 g/mol. The van der Waals surface area contributed by atoms with Crippen LogP contribution < -0.4 is 5.32 Å². The summed E-state index contributed by atoms with van der Waals surface area (Å²) < 4.78 is 1.34. The molecule has 0 aliphatic carbocycles. The monoisotopic (exact) mass is 349 g/mol. The highest BCUT2D eigenvalue weighted by atomic mass is 16.7. The maximum atomic E-state index is 12.8. The Morgan fingerprint density at radius 1 is 1.15 bits per heavy atom. The van der Waals surface area contributed by atoms with Gasteiger partial charge in [-0.25, -0.2) is 9.97 Å². The predicted molar refractivity (Wildman–Crippen MR) is 92.7 cm³/mol. The highest BCUT2D eigenvalue weighted by Gasteiger charge is 2.42. The fourth-order valence-corrected chi connectivity index (χ4v) is 2.55. The van der Waals surface area contributed by atoms with Crippen LogP contribution >= 0.6 is 0 Å². The Hall–Kier alpha value is -3.62. The second-order valence-electron chi connectivity index (χ2n) is 5.90. The van der Waals surface area contributed by atoms with Crippen LogP contribution in [0, 0.1) is 0 Å². The molecule has 0 bridgehead atoms. The van der Waals surface area contributed by atoms with Gasteiger partial charge in [-0.1, -0.05) is 35.5 Å². The van der Waals surface area contributed by atoms with Crippen LogP contribution in [0.1, 0.15) is 18.9 Å². The third-order valence-corrected chi connectivity index (χ3v) is 3.96. The molecule has 1 unspecified atom stereocenters. The lowest BCUT2D eigenvalue weighted by atomic mass is 9.95. The van der Waals surface area contributed by atoms with Crippen molar-refractivity contribution in [1.29, 1.82) is 0 Å². The SMILES string of the molecule is CC1(C(=O)Nc2ncnn2-c2ncccn2)CC(c2ccccc2)=NO1. The molecule has 130 valence electrons. The van der Waals surface area contributed by atoms with E-state index in [1.54, 1.807) is 25.4 Å². The van der Waals surface area contributed by atoms with Gasteiger partial charge in [0.2, 0.25) is 11.5 Å². The summed E-state index contributed by atoms with van der Waals surface area (Å²) in [5.41, 5.74) is 0.500. The first-order valence-electron chi connectivity index (χ1n) is 7.95. The smallest absolute Gasteiger partial charge is 0.273 e. The molecule has 1 atom stereocenters. The first kappa shape index (κ1) is 15.9. The molecule has 9 heteroatoms. The Balaban J connectivity index is 1.51. The van der Waals surface area contributed by atoms with E-state index in [0.717, 1.165) is 11.3 Å². The average Bonchev–Trinajstić information content (AvgIpc) is 3.31. The van der Waals surface area contributed by atoms with Gasteiger partial charge in [-0.3, -0.25) is 10.1 Å². The number of benzene rings is 1. The highest BCUT2D eigenvalue weighted by Crippen LogP contribution is 2.28. The minimum Gasteiger partial charge on any atom is -0.379 e. The standard InChI is InChI=1S/C17H15N7O2/c1-17(10-13(23-26-17)12-6-3-2-4-7-12)14(25)22-16-20-11-21-24(16)15-18-8-5-9-19-15/h2-9,11H,10H2,1H3,(H,20,21,22,25). The predicted octanol–water partition coefficient (Wildman–Crippen LogP) is 1.58. The van der Waals surface area contributed by atoms with E-state index in [0.29, 0.717) is 12.4 Å². The van der Waals surface area contributed by atoms with Gasteiger partial charge in [-0.2, -0.15) is 14.8 Å². The molecule has 1 N–H and O–H groups in total. The maximum absolute atomic E-state index is 12.8. The van der Waals surface area contributed by atoms with Gasteiger partial charge in [0, 0.05) is 18.8 Å². The van der Waals surface area contributed by atoms with Crippen LogP contribution in [-0.2, 0) is 9.63 Å². The molecule has 3 heterocycles. The van der Waals surface area contributed by atoms with Crippen molar-refractivity contribution in [1.82, 2.24) is 24.7 Å². The van der Waals surface area contributed by atoms with E-state index in [2.05, 4.69) is 30.5 Å². The van der Waals surface area contributed by atoms with E-state index in [1.165, 1.54) is 11.0 Å². The largest absolute Gasteiger partial charge is 0.379 e. The number of amides is 1. The van der Waals surface area contributed by atoms with E-state index in [4.69, 9.17) is 4.84 Å². The first-order valence-corrected chi connectivity index (χ1v) is 7.95. The zero-order chi connectivity index (χ0) is 18.0. The molecule has 26 heavy (non-hydrogen) atoms. The number of carbonyl (C=O) groups excluding carboxylic acids is 1. The van der Waals surface area contributed by atoms with E-state index in [1.807, 2.05) is 30.3 Å². The topological polar surface area (TPSA) is 107 Å². The lowest BCUT2D eigenvalue weighted by Gasteiger charge is -2.19. The third kappa shape index (κ3) is 2.90. The molecule has 1 aromatic carbocycles. The molecule has 2 aromatic heterocycles. The van der Waals surface area contributed by atoms with Crippen molar-refractivity contribution >= 4 is 17.6 Å². The summed E-state index contributed by atoms with van der Waals surface area (Å²) in [6, 6.07) is 11.3. The minimum absolute atomic E-state index is 0.208. The number of anilines is 1. The summed E-state index contributed by atoms with van der Waals surface area (Å²) >= 11 is 0. The summed E-state index contributed by atoms with van der Waals surface area (Å²) in [5.74, 6) is 0.135. The Bertz CT molecular complexity index is 956. The van der Waals surface area contributed by atoms with Crippen molar-refractivity contribution in [3.05, 3.63) is 60.7 Å². The van der Waals surface area contributed by atoms with Crippen LogP contribution in [0.2, 0.25) is 0 Å². The fourth-order valence-electron chi connectivity index (χ4n) is 2.55. The molecule has 3 aromatic rings. The molecule has 0 saturated carbocycles. The lowest BCUT2D eigenvalue weighted by Crippen LogP contribution is -2.41. The third-order valence-electron chi connectivity index (χ3n) is 3.96. The number of oxime groups is 1. The quantitative estimate of drug-likeness (QED) is 0.766. The lowest BCUT2D eigenvalue weighted by molar-refractivity contribution is -0.136. The van der Waals surface area contributed by atoms with Gasteiger partial charge in [0.25, 0.3) is 11.9 Å². The summed E-state index contributed by atoms with van der Waals surface area (Å²) in [4.78, 5) is 30.5. The van der Waals surface area contributed by atoms with Crippen LogP contribution in [-0.4, -0.2) is 42.0 Å². The number of hydrogen-bond donors (Lipinski definition) is 1. The van der Waals surface area contributed by atoms with Gasteiger partial charge in [0.05, 0.1) is 5.71 Å². The molecule has 9 nitrogen and oxygen atoms in total. The Morgan fingerprint density at radius 3 is 2.69 bits per heavy atom. The maximum Gasteiger partial charge on any atom is 0.273 e. The number of carbonyl (C=O) groups is 1. The minimum atomic E-state index is -1.14. The van der Waals surface area contributed by atoms with Crippen LogP contribution in [0.25, 0.3) is 5.95 Å². The van der Waals surface area contributed by atoms with E-state index in [9.17, 15) is 4.79 Å². The van der Waals surface area contributed by atoms with Gasteiger partial charge in [-0.15, -0.1) is 0 Å². The van der Waals surface area contributed by atoms with Crippen LogP contribution in [0.15, 0.2) is 60.3 Å². The summed E-state index contributed by atoms with van der Waals surface area (Å²) in [5, 5.41) is 10.8. The fraction of sp³-hybridized carbons (Fsp3) is 0.176. The first-order chi connectivity index (χ1) is 12.7. The van der Waals surface area contributed by atoms with Crippen molar-refractivity contribution in [2.45, 2.75) is 18.9 Å². The van der Waals surface area contributed by atoms with Crippen LogP contribution in [0.4, 0.5) is 5.95 Å². The normalized spacial score (nSPS) is 18.9. The second-order valence-corrected chi connectivity index (χ2v) is 5.90. The zero-order valence-electron chi connectivity index (χ0n) is 13.9. The molecule has 1 amide bonds. The molecule has 0 saturated heterocycles. The number of aromatic nitrogens is 5. The van der Waals surface area contributed by atoms with Crippen molar-refractivity contribution < 1.29 is 9.63 Å². The van der Waals surface area contributed by atoms with Gasteiger partial charge in [0.15, 0.2) is 0 Å². The summed E-state index contributed by atoms with van der Waals surface area (Å²) in [6.07, 6.45) is 4.82. The van der Waals surface area contributed by atoms with Crippen molar-refractivity contribution in [3.63, 3.8) is 0 Å². The zero-order valence-corrected chi connectivity index (χ0v) is 13.9. The van der Waals surface area contributed by atoms with Crippen molar-refractivity contribution in [2.75, 3.05) is 5.32 Å². The van der Waals surface area contributed by atoms with Crippen LogP contribution in [0.5, 0.6) is 0 Å². The molecule has 1 aliphatic heterocycles. The number of rotatable bonds is 4. The van der Waals surface area contributed by atoms with Crippen molar-refractivity contribution in [3.8, 4) is 5.95 Å². The highest BCUT2D eigenvalue weighted by molar-refractivity contribution is 6.07.